The van der Waals surface area contributed by atoms with E-state index in [1.807, 2.05) is 31.3 Å². The van der Waals surface area contributed by atoms with Crippen LogP contribution in [0.4, 0.5) is 5.82 Å². The first-order valence-electron chi connectivity index (χ1n) is 5.61. The summed E-state index contributed by atoms with van der Waals surface area (Å²) in [5.74, 6) is 1.84. The van der Waals surface area contributed by atoms with Gasteiger partial charge in [0.2, 0.25) is 0 Å². The Morgan fingerprint density at radius 3 is 2.81 bits per heavy atom. The van der Waals surface area contributed by atoms with Crippen molar-refractivity contribution in [2.75, 3.05) is 18.5 Å². The lowest BCUT2D eigenvalue weighted by Crippen LogP contribution is -2.00. The molecule has 0 aliphatic carbocycles. The summed E-state index contributed by atoms with van der Waals surface area (Å²) < 4.78 is 5.60. The molecule has 0 spiro atoms. The first kappa shape index (κ1) is 10.7. The molecule has 1 N–H and O–H groups in total. The molecule has 2 rings (SSSR count). The highest BCUT2D eigenvalue weighted by Crippen LogP contribution is 2.29. The maximum Gasteiger partial charge on any atom is 0.133 e. The fourth-order valence-corrected chi connectivity index (χ4v) is 1.77. The summed E-state index contributed by atoms with van der Waals surface area (Å²) in [5.41, 5.74) is 0. The van der Waals surface area contributed by atoms with Crippen LogP contribution in [0.2, 0.25) is 0 Å². The number of fused-ring (bicyclic) bond motifs is 1. The number of rotatable bonds is 4. The van der Waals surface area contributed by atoms with E-state index in [0.717, 1.165) is 28.9 Å². The summed E-state index contributed by atoms with van der Waals surface area (Å²) in [7, 11) is 0. The van der Waals surface area contributed by atoms with Crippen LogP contribution in [0.5, 0.6) is 5.75 Å². The van der Waals surface area contributed by atoms with Crippen molar-refractivity contribution in [3.8, 4) is 5.75 Å². The van der Waals surface area contributed by atoms with Gasteiger partial charge in [0.15, 0.2) is 0 Å². The van der Waals surface area contributed by atoms with E-state index in [1.165, 1.54) is 0 Å². The number of benzene rings is 1. The lowest BCUT2D eigenvalue weighted by atomic mass is 10.1. The molecule has 1 aromatic heterocycles. The van der Waals surface area contributed by atoms with Crippen LogP contribution in [0, 0.1) is 0 Å². The standard InChI is InChI=1S/C13H16N2O/c1-3-14-13-11-6-5-7-12(16-4-2)10(11)8-9-15-13/h5-9H,3-4H2,1-2H3,(H,14,15). The molecule has 0 aliphatic rings. The second-order valence-corrected chi connectivity index (χ2v) is 3.47. The topological polar surface area (TPSA) is 34.2 Å². The van der Waals surface area contributed by atoms with Gasteiger partial charge in [-0.25, -0.2) is 4.98 Å². The molecule has 0 amide bonds. The molecule has 0 saturated carbocycles. The molecule has 2 aromatic rings. The number of aromatic nitrogens is 1. The lowest BCUT2D eigenvalue weighted by molar-refractivity contribution is 0.344. The number of nitrogens with zero attached hydrogens (tertiary/aromatic N) is 1. The Balaban J connectivity index is 2.57. The SMILES string of the molecule is CCNc1nccc2c(OCC)cccc12. The fraction of sp³-hybridized carbons (Fsp3) is 0.308. The molecule has 84 valence electrons. The fourth-order valence-electron chi connectivity index (χ4n) is 1.77. The highest BCUT2D eigenvalue weighted by molar-refractivity contribution is 5.95. The molecule has 1 aromatic carbocycles. The monoisotopic (exact) mass is 216 g/mol. The Morgan fingerprint density at radius 1 is 1.19 bits per heavy atom. The van der Waals surface area contributed by atoms with Crippen LogP contribution in [-0.4, -0.2) is 18.1 Å². The number of hydrogen-bond acceptors (Lipinski definition) is 3. The Morgan fingerprint density at radius 2 is 2.06 bits per heavy atom. The Hall–Kier alpha value is -1.77. The van der Waals surface area contributed by atoms with Crippen LogP contribution < -0.4 is 10.1 Å². The highest BCUT2D eigenvalue weighted by atomic mass is 16.5. The van der Waals surface area contributed by atoms with Crippen molar-refractivity contribution < 1.29 is 4.74 Å². The zero-order chi connectivity index (χ0) is 11.4. The third kappa shape index (κ3) is 1.94. The quantitative estimate of drug-likeness (QED) is 0.852. The summed E-state index contributed by atoms with van der Waals surface area (Å²) in [5, 5.41) is 5.47. The second-order valence-electron chi connectivity index (χ2n) is 3.47. The van der Waals surface area contributed by atoms with Crippen LogP contribution in [0.3, 0.4) is 0 Å². The van der Waals surface area contributed by atoms with Crippen molar-refractivity contribution in [2.24, 2.45) is 0 Å². The molecule has 0 unspecified atom stereocenters. The average Bonchev–Trinajstić information content (AvgIpc) is 2.31. The van der Waals surface area contributed by atoms with Gasteiger partial charge in [-0.2, -0.15) is 0 Å². The molecule has 0 bridgehead atoms. The molecule has 0 saturated heterocycles. The molecule has 3 nitrogen and oxygen atoms in total. The number of pyridine rings is 1. The third-order valence-corrected chi connectivity index (χ3v) is 2.41. The largest absolute Gasteiger partial charge is 0.493 e. The number of anilines is 1. The van der Waals surface area contributed by atoms with Gasteiger partial charge < -0.3 is 10.1 Å². The predicted octanol–water partition coefficient (Wildman–Crippen LogP) is 3.07. The van der Waals surface area contributed by atoms with Crippen LogP contribution in [0.15, 0.2) is 30.5 Å². The molecular formula is C13H16N2O. The van der Waals surface area contributed by atoms with E-state index in [0.29, 0.717) is 6.61 Å². The van der Waals surface area contributed by atoms with Crippen molar-refractivity contribution in [3.63, 3.8) is 0 Å². The minimum Gasteiger partial charge on any atom is -0.493 e. The molecule has 0 fully saturated rings. The maximum absolute atomic E-state index is 5.60. The van der Waals surface area contributed by atoms with Crippen LogP contribution in [0.1, 0.15) is 13.8 Å². The third-order valence-electron chi connectivity index (χ3n) is 2.41. The maximum atomic E-state index is 5.60. The van der Waals surface area contributed by atoms with E-state index < -0.39 is 0 Å². The van der Waals surface area contributed by atoms with Crippen molar-refractivity contribution >= 4 is 16.6 Å². The molecule has 16 heavy (non-hydrogen) atoms. The smallest absolute Gasteiger partial charge is 0.133 e. The Kier molecular flexibility index (Phi) is 3.25. The summed E-state index contributed by atoms with van der Waals surface area (Å²) in [6.45, 7) is 5.60. The van der Waals surface area contributed by atoms with Gasteiger partial charge in [-0.15, -0.1) is 0 Å². The predicted molar refractivity (Wildman–Crippen MR) is 67.1 cm³/mol. The van der Waals surface area contributed by atoms with Gasteiger partial charge in [-0.05, 0) is 26.0 Å². The number of ether oxygens (including phenoxy) is 1. The normalized spacial score (nSPS) is 10.4. The first-order chi connectivity index (χ1) is 7.86. The van der Waals surface area contributed by atoms with Gasteiger partial charge in [-0.1, -0.05) is 12.1 Å². The van der Waals surface area contributed by atoms with Crippen molar-refractivity contribution in [3.05, 3.63) is 30.5 Å². The number of nitrogens with one attached hydrogen (secondary N) is 1. The van der Waals surface area contributed by atoms with E-state index in [-0.39, 0.29) is 0 Å². The summed E-state index contributed by atoms with van der Waals surface area (Å²) in [4.78, 5) is 4.33. The van der Waals surface area contributed by atoms with Crippen LogP contribution in [-0.2, 0) is 0 Å². The van der Waals surface area contributed by atoms with Crippen molar-refractivity contribution in [2.45, 2.75) is 13.8 Å². The molecule has 0 radical (unpaired) electrons. The first-order valence-corrected chi connectivity index (χ1v) is 5.61. The van der Waals surface area contributed by atoms with Crippen molar-refractivity contribution in [1.82, 2.24) is 4.98 Å². The zero-order valence-corrected chi connectivity index (χ0v) is 9.66. The minimum atomic E-state index is 0.679. The second kappa shape index (κ2) is 4.84. The number of hydrogen-bond donors (Lipinski definition) is 1. The van der Waals surface area contributed by atoms with E-state index in [2.05, 4.69) is 23.3 Å². The summed E-state index contributed by atoms with van der Waals surface area (Å²) >= 11 is 0. The van der Waals surface area contributed by atoms with Gasteiger partial charge in [-0.3, -0.25) is 0 Å². The molecule has 3 heteroatoms. The zero-order valence-electron chi connectivity index (χ0n) is 9.66. The van der Waals surface area contributed by atoms with Crippen LogP contribution in [0.25, 0.3) is 10.8 Å². The highest BCUT2D eigenvalue weighted by Gasteiger charge is 2.05. The average molecular weight is 216 g/mol. The lowest BCUT2D eigenvalue weighted by Gasteiger charge is -2.10. The molecular weight excluding hydrogens is 200 g/mol. The van der Waals surface area contributed by atoms with E-state index >= 15 is 0 Å². The van der Waals surface area contributed by atoms with Gasteiger partial charge in [0.05, 0.1) is 6.61 Å². The van der Waals surface area contributed by atoms with Crippen molar-refractivity contribution in [1.29, 1.82) is 0 Å². The van der Waals surface area contributed by atoms with E-state index in [4.69, 9.17) is 4.74 Å². The van der Waals surface area contributed by atoms with Gasteiger partial charge in [0.25, 0.3) is 0 Å². The minimum absolute atomic E-state index is 0.679. The molecule has 1 heterocycles. The van der Waals surface area contributed by atoms with Gasteiger partial charge in [0, 0.05) is 23.5 Å². The van der Waals surface area contributed by atoms with Gasteiger partial charge in [0.1, 0.15) is 11.6 Å². The molecule has 0 atom stereocenters. The molecule has 0 aliphatic heterocycles. The Bertz CT molecular complexity index is 437. The summed E-state index contributed by atoms with van der Waals surface area (Å²) in [6, 6.07) is 8.03. The Labute approximate surface area is 95.5 Å². The van der Waals surface area contributed by atoms with E-state index in [1.54, 1.807) is 0 Å². The summed E-state index contributed by atoms with van der Waals surface area (Å²) in [6.07, 6.45) is 1.81. The van der Waals surface area contributed by atoms with Gasteiger partial charge >= 0.3 is 0 Å². The van der Waals surface area contributed by atoms with Crippen LogP contribution >= 0.6 is 0 Å². The van der Waals surface area contributed by atoms with E-state index in [9.17, 15) is 0 Å².